The molecular formula is C18H22N2O6. The maximum atomic E-state index is 11.9. The van der Waals surface area contributed by atoms with Crippen LogP contribution in [0.15, 0.2) is 24.4 Å². The number of ether oxygens (including phenoxy) is 2. The molecule has 0 bridgehead atoms. The molecule has 8 heteroatoms. The molecule has 2 aromatic rings. The molecule has 1 heterocycles. The average Bonchev–Trinajstić information content (AvgIpc) is 2.86. The maximum absolute atomic E-state index is 11.9. The Balaban J connectivity index is 2.21. The van der Waals surface area contributed by atoms with E-state index in [4.69, 9.17) is 9.47 Å². The zero-order valence-corrected chi connectivity index (χ0v) is 15.1. The minimum Gasteiger partial charge on any atom is -0.480 e. The van der Waals surface area contributed by atoms with E-state index in [1.54, 1.807) is 45.2 Å². The van der Waals surface area contributed by atoms with Gasteiger partial charge in [0.25, 0.3) is 0 Å². The molecule has 1 aromatic carbocycles. The van der Waals surface area contributed by atoms with Crippen LogP contribution in [-0.2, 0) is 20.7 Å². The number of hydrogen-bond acceptors (Lipinski definition) is 5. The first-order valence-corrected chi connectivity index (χ1v) is 8.06. The van der Waals surface area contributed by atoms with E-state index in [0.29, 0.717) is 16.7 Å². The number of nitrogens with one attached hydrogen (secondary N) is 2. The van der Waals surface area contributed by atoms with Gasteiger partial charge in [0.05, 0.1) is 0 Å². The van der Waals surface area contributed by atoms with Gasteiger partial charge in [-0.2, -0.15) is 0 Å². The highest BCUT2D eigenvalue weighted by Crippen LogP contribution is 2.25. The molecule has 0 saturated carbocycles. The summed E-state index contributed by atoms with van der Waals surface area (Å²) < 4.78 is 10.2. The van der Waals surface area contributed by atoms with Crippen molar-refractivity contribution in [1.82, 2.24) is 10.3 Å². The van der Waals surface area contributed by atoms with Gasteiger partial charge in [0.2, 0.25) is 0 Å². The van der Waals surface area contributed by atoms with E-state index >= 15 is 0 Å². The molecule has 3 N–H and O–H groups in total. The van der Waals surface area contributed by atoms with Crippen molar-refractivity contribution in [3.63, 3.8) is 0 Å². The Morgan fingerprint density at radius 1 is 1.27 bits per heavy atom. The number of carbonyl (C=O) groups is 3. The first-order chi connectivity index (χ1) is 12.0. The monoisotopic (exact) mass is 362 g/mol. The van der Waals surface area contributed by atoms with Crippen molar-refractivity contribution in [2.24, 2.45) is 0 Å². The number of H-pyrrole nitrogens is 1. The zero-order chi connectivity index (χ0) is 19.5. The Morgan fingerprint density at radius 2 is 1.96 bits per heavy atom. The van der Waals surface area contributed by atoms with Crippen LogP contribution in [0.2, 0.25) is 0 Å². The Bertz CT molecular complexity index is 834. The van der Waals surface area contributed by atoms with Gasteiger partial charge in [0.1, 0.15) is 17.4 Å². The second-order valence-corrected chi connectivity index (χ2v) is 6.86. The van der Waals surface area contributed by atoms with Gasteiger partial charge >= 0.3 is 18.0 Å². The number of rotatable bonds is 5. The smallest absolute Gasteiger partial charge is 0.408 e. The molecule has 1 atom stereocenters. The van der Waals surface area contributed by atoms with Crippen molar-refractivity contribution in [2.75, 3.05) is 0 Å². The number of carboxylic acids is 1. The van der Waals surface area contributed by atoms with Gasteiger partial charge in [-0.3, -0.25) is 4.79 Å². The largest absolute Gasteiger partial charge is 0.480 e. The predicted octanol–water partition coefficient (Wildman–Crippen LogP) is 2.61. The van der Waals surface area contributed by atoms with Gasteiger partial charge < -0.3 is 24.9 Å². The number of aromatic amines is 1. The van der Waals surface area contributed by atoms with E-state index in [2.05, 4.69) is 10.3 Å². The minimum absolute atomic E-state index is 0.0398. The highest BCUT2D eigenvalue weighted by Gasteiger charge is 2.25. The molecule has 0 radical (unpaired) electrons. The van der Waals surface area contributed by atoms with Crippen LogP contribution in [0, 0.1) is 0 Å². The van der Waals surface area contributed by atoms with E-state index in [9.17, 15) is 19.5 Å². The average molecular weight is 362 g/mol. The van der Waals surface area contributed by atoms with Crippen LogP contribution in [0.3, 0.4) is 0 Å². The van der Waals surface area contributed by atoms with Crippen LogP contribution in [0.1, 0.15) is 33.3 Å². The fourth-order valence-corrected chi connectivity index (χ4v) is 2.43. The van der Waals surface area contributed by atoms with E-state index < -0.39 is 29.7 Å². The van der Waals surface area contributed by atoms with Crippen LogP contribution in [0.5, 0.6) is 5.75 Å². The Hall–Kier alpha value is -3.03. The molecule has 140 valence electrons. The molecule has 26 heavy (non-hydrogen) atoms. The summed E-state index contributed by atoms with van der Waals surface area (Å²) in [5, 5.41) is 12.5. The van der Waals surface area contributed by atoms with Crippen LogP contribution in [-0.4, -0.2) is 39.8 Å². The van der Waals surface area contributed by atoms with Crippen molar-refractivity contribution in [3.8, 4) is 5.75 Å². The summed E-state index contributed by atoms with van der Waals surface area (Å²) in [6.45, 7) is 6.38. The lowest BCUT2D eigenvalue weighted by molar-refractivity contribution is -0.139. The number of alkyl carbamates (subject to hydrolysis) is 1. The Morgan fingerprint density at radius 3 is 2.54 bits per heavy atom. The first-order valence-electron chi connectivity index (χ1n) is 8.06. The minimum atomic E-state index is -1.18. The molecule has 1 amide bonds. The molecule has 2 rings (SSSR count). The van der Waals surface area contributed by atoms with Crippen molar-refractivity contribution in [2.45, 2.75) is 45.8 Å². The summed E-state index contributed by atoms with van der Waals surface area (Å²) >= 11 is 0. The lowest BCUT2D eigenvalue weighted by atomic mass is 10.0. The molecule has 0 aliphatic heterocycles. The number of aromatic nitrogens is 1. The van der Waals surface area contributed by atoms with Gasteiger partial charge in [-0.15, -0.1) is 0 Å². The third kappa shape index (κ3) is 5.23. The summed E-state index contributed by atoms with van der Waals surface area (Å²) in [6, 6.07) is 3.85. The zero-order valence-electron chi connectivity index (χ0n) is 15.1. The lowest BCUT2D eigenvalue weighted by Gasteiger charge is -2.22. The molecule has 1 aromatic heterocycles. The molecule has 8 nitrogen and oxygen atoms in total. The lowest BCUT2D eigenvalue weighted by Crippen LogP contribution is -2.44. The number of amides is 1. The summed E-state index contributed by atoms with van der Waals surface area (Å²) in [4.78, 5) is 37.5. The van der Waals surface area contributed by atoms with Crippen molar-refractivity contribution in [3.05, 3.63) is 30.0 Å². The van der Waals surface area contributed by atoms with E-state index in [1.807, 2.05) is 0 Å². The van der Waals surface area contributed by atoms with Crippen LogP contribution in [0.25, 0.3) is 10.9 Å². The summed E-state index contributed by atoms with van der Waals surface area (Å²) in [7, 11) is 0. The topological polar surface area (TPSA) is 118 Å². The number of carboxylic acid groups (broad SMARTS) is 1. The fraction of sp³-hybridized carbons (Fsp3) is 0.389. The van der Waals surface area contributed by atoms with Gasteiger partial charge in [0.15, 0.2) is 0 Å². The van der Waals surface area contributed by atoms with Crippen molar-refractivity contribution in [1.29, 1.82) is 0 Å². The number of hydrogen-bond donors (Lipinski definition) is 3. The third-order valence-electron chi connectivity index (χ3n) is 3.41. The highest BCUT2D eigenvalue weighted by molar-refractivity contribution is 5.87. The number of aliphatic carboxylic acids is 1. The number of fused-ring (bicyclic) bond motifs is 1. The summed E-state index contributed by atoms with van der Waals surface area (Å²) in [5.41, 5.74) is 0.696. The fourth-order valence-electron chi connectivity index (χ4n) is 2.43. The molecule has 0 spiro atoms. The van der Waals surface area contributed by atoms with Crippen LogP contribution in [0.4, 0.5) is 4.79 Å². The van der Waals surface area contributed by atoms with Gasteiger partial charge in [-0.25, -0.2) is 9.59 Å². The first kappa shape index (κ1) is 19.3. The standard InChI is InChI=1S/C18H22N2O6/c1-10(21)25-12-5-6-14-13(8-12)11(9-19-14)7-15(16(22)23)20-17(24)26-18(2,3)4/h5-6,8-9,15,19H,7H2,1-4H3,(H,20,24)(H,22,23). The number of esters is 1. The molecule has 0 fully saturated rings. The van der Waals surface area contributed by atoms with Crippen molar-refractivity contribution < 1.29 is 29.0 Å². The van der Waals surface area contributed by atoms with E-state index in [1.165, 1.54) is 6.92 Å². The molecule has 0 aliphatic carbocycles. The second kappa shape index (κ2) is 7.47. The normalized spacial score (nSPS) is 12.5. The van der Waals surface area contributed by atoms with Crippen molar-refractivity contribution >= 4 is 28.9 Å². The highest BCUT2D eigenvalue weighted by atomic mass is 16.6. The van der Waals surface area contributed by atoms with Crippen LogP contribution < -0.4 is 10.1 Å². The number of benzene rings is 1. The third-order valence-corrected chi connectivity index (χ3v) is 3.41. The second-order valence-electron chi connectivity index (χ2n) is 6.86. The Kier molecular flexibility index (Phi) is 5.54. The summed E-state index contributed by atoms with van der Waals surface area (Å²) in [5.74, 6) is -1.27. The maximum Gasteiger partial charge on any atom is 0.408 e. The SMILES string of the molecule is CC(=O)Oc1ccc2[nH]cc(CC(NC(=O)OC(C)(C)C)C(=O)O)c2c1. The molecule has 1 unspecified atom stereocenters. The molecular weight excluding hydrogens is 340 g/mol. The number of carbonyl (C=O) groups excluding carboxylic acids is 2. The van der Waals surface area contributed by atoms with Gasteiger partial charge in [-0.05, 0) is 44.5 Å². The molecule has 0 saturated heterocycles. The van der Waals surface area contributed by atoms with Gasteiger partial charge in [0, 0.05) is 30.4 Å². The Labute approximate surface area is 150 Å². The van der Waals surface area contributed by atoms with Gasteiger partial charge in [-0.1, -0.05) is 0 Å². The predicted molar refractivity (Wildman–Crippen MR) is 94.1 cm³/mol. The molecule has 0 aliphatic rings. The summed E-state index contributed by atoms with van der Waals surface area (Å²) in [6.07, 6.45) is 0.901. The quantitative estimate of drug-likeness (QED) is 0.556. The van der Waals surface area contributed by atoms with Crippen LogP contribution >= 0.6 is 0 Å². The van der Waals surface area contributed by atoms with E-state index in [-0.39, 0.29) is 6.42 Å². The van der Waals surface area contributed by atoms with E-state index in [0.717, 1.165) is 5.52 Å².